The highest BCUT2D eigenvalue weighted by Gasteiger charge is 2.45. The van der Waals surface area contributed by atoms with Gasteiger partial charge in [-0.15, -0.1) is 0 Å². The highest BCUT2D eigenvalue weighted by Crippen LogP contribution is 2.43. The van der Waals surface area contributed by atoms with Gasteiger partial charge in [0.05, 0.1) is 29.8 Å². The van der Waals surface area contributed by atoms with Crippen molar-refractivity contribution in [2.24, 2.45) is 0 Å². The number of aryl methyl sites for hydroxylation is 1. The number of thiazole rings is 1. The first-order valence-electron chi connectivity index (χ1n) is 9.71. The molecular formula is C23H14BrClN2O5S. The number of methoxy groups -OCH3 is 1. The van der Waals surface area contributed by atoms with Gasteiger partial charge in [-0.3, -0.25) is 14.5 Å². The first-order valence-corrected chi connectivity index (χ1v) is 11.7. The van der Waals surface area contributed by atoms with Crippen LogP contribution in [0.4, 0.5) is 5.13 Å². The van der Waals surface area contributed by atoms with E-state index in [0.29, 0.717) is 31.7 Å². The summed E-state index contributed by atoms with van der Waals surface area (Å²) in [4.78, 5) is 45.4. The lowest BCUT2D eigenvalue weighted by Gasteiger charge is -2.22. The molecule has 0 N–H and O–H groups in total. The average Bonchev–Trinajstić information content (AvgIpc) is 3.31. The van der Waals surface area contributed by atoms with Crippen molar-refractivity contribution in [3.8, 4) is 0 Å². The molecule has 1 aliphatic rings. The first-order chi connectivity index (χ1) is 15.8. The maximum Gasteiger partial charge on any atom is 0.350 e. The molecule has 33 heavy (non-hydrogen) atoms. The molecule has 1 aliphatic heterocycles. The van der Waals surface area contributed by atoms with Crippen LogP contribution in [0.2, 0.25) is 5.02 Å². The number of nitrogens with zero attached hydrogens (tertiary/aromatic N) is 2. The summed E-state index contributed by atoms with van der Waals surface area (Å²) in [6.07, 6.45) is 0. The summed E-state index contributed by atoms with van der Waals surface area (Å²) < 4.78 is 11.5. The van der Waals surface area contributed by atoms with Crippen molar-refractivity contribution in [1.82, 2.24) is 4.98 Å². The molecule has 0 radical (unpaired) electrons. The topological polar surface area (TPSA) is 89.7 Å². The van der Waals surface area contributed by atoms with Crippen molar-refractivity contribution in [1.29, 1.82) is 0 Å². The molecule has 2 aromatic carbocycles. The minimum Gasteiger partial charge on any atom is -0.465 e. The van der Waals surface area contributed by atoms with Crippen LogP contribution in [0.25, 0.3) is 11.0 Å². The Morgan fingerprint density at radius 3 is 2.76 bits per heavy atom. The summed E-state index contributed by atoms with van der Waals surface area (Å²) in [6.45, 7) is 1.66. The number of rotatable bonds is 3. The average molecular weight is 546 g/mol. The highest BCUT2D eigenvalue weighted by atomic mass is 79.9. The Kier molecular flexibility index (Phi) is 5.35. The van der Waals surface area contributed by atoms with Gasteiger partial charge in [0, 0.05) is 9.50 Å². The number of carbonyl (C=O) groups excluding carboxylic acids is 2. The fourth-order valence-corrected chi connectivity index (χ4v) is 5.47. The van der Waals surface area contributed by atoms with E-state index in [2.05, 4.69) is 20.9 Å². The Morgan fingerprint density at radius 1 is 1.24 bits per heavy atom. The van der Waals surface area contributed by atoms with Crippen LogP contribution < -0.4 is 10.3 Å². The van der Waals surface area contributed by atoms with Crippen LogP contribution in [0.15, 0.2) is 56.1 Å². The lowest BCUT2D eigenvalue weighted by atomic mass is 9.99. The number of fused-ring (bicyclic) bond motifs is 2. The maximum absolute atomic E-state index is 13.6. The number of aromatic nitrogens is 1. The summed E-state index contributed by atoms with van der Waals surface area (Å²) in [6, 6.07) is 11.1. The second-order valence-electron chi connectivity index (χ2n) is 7.35. The van der Waals surface area contributed by atoms with Crippen molar-refractivity contribution in [2.45, 2.75) is 13.0 Å². The Labute approximate surface area is 204 Å². The second kappa shape index (κ2) is 8.09. The fraction of sp³-hybridized carbons (Fsp3) is 0.130. The summed E-state index contributed by atoms with van der Waals surface area (Å²) in [5, 5.41) is 1.04. The molecule has 0 saturated heterocycles. The molecule has 4 aromatic rings. The summed E-state index contributed by atoms with van der Waals surface area (Å²) in [5.74, 6) is -1.14. The molecule has 2 aromatic heterocycles. The van der Waals surface area contributed by atoms with Gasteiger partial charge in [-0.05, 0) is 42.8 Å². The van der Waals surface area contributed by atoms with Gasteiger partial charge in [-0.2, -0.15) is 0 Å². The molecule has 0 fully saturated rings. The lowest BCUT2D eigenvalue weighted by Crippen LogP contribution is -2.29. The molecule has 5 rings (SSSR count). The van der Waals surface area contributed by atoms with Crippen molar-refractivity contribution in [2.75, 3.05) is 12.0 Å². The molecule has 1 atom stereocenters. The number of ether oxygens (including phenoxy) is 1. The summed E-state index contributed by atoms with van der Waals surface area (Å²) in [7, 11) is 1.28. The number of amides is 1. The molecule has 0 spiro atoms. The highest BCUT2D eigenvalue weighted by molar-refractivity contribution is 9.10. The number of hydrogen-bond acceptors (Lipinski definition) is 7. The zero-order valence-electron chi connectivity index (χ0n) is 17.2. The Bertz CT molecular complexity index is 1530. The van der Waals surface area contributed by atoms with E-state index >= 15 is 0 Å². The maximum atomic E-state index is 13.6. The second-order valence-corrected chi connectivity index (χ2v) is 9.68. The van der Waals surface area contributed by atoms with Crippen LogP contribution in [0.3, 0.4) is 0 Å². The van der Waals surface area contributed by atoms with E-state index in [-0.39, 0.29) is 26.8 Å². The third-order valence-electron chi connectivity index (χ3n) is 5.36. The monoisotopic (exact) mass is 544 g/mol. The summed E-state index contributed by atoms with van der Waals surface area (Å²) in [5.41, 5.74) is 1.20. The number of benzene rings is 2. The molecular weight excluding hydrogens is 532 g/mol. The minimum atomic E-state index is -0.832. The van der Waals surface area contributed by atoms with Crippen molar-refractivity contribution >= 4 is 66.8 Å². The third-order valence-corrected chi connectivity index (χ3v) is 7.22. The van der Waals surface area contributed by atoms with E-state index in [1.165, 1.54) is 12.0 Å². The number of halogens is 2. The van der Waals surface area contributed by atoms with Crippen molar-refractivity contribution < 1.29 is 18.7 Å². The van der Waals surface area contributed by atoms with Gasteiger partial charge in [0.15, 0.2) is 10.6 Å². The van der Waals surface area contributed by atoms with E-state index in [4.69, 9.17) is 20.8 Å². The van der Waals surface area contributed by atoms with Gasteiger partial charge < -0.3 is 9.15 Å². The van der Waals surface area contributed by atoms with Gasteiger partial charge in [-0.1, -0.05) is 51.0 Å². The number of anilines is 1. The van der Waals surface area contributed by atoms with Crippen LogP contribution in [0, 0.1) is 6.92 Å². The van der Waals surface area contributed by atoms with Crippen LogP contribution in [-0.4, -0.2) is 24.0 Å². The van der Waals surface area contributed by atoms with E-state index in [1.807, 2.05) is 0 Å². The Morgan fingerprint density at radius 2 is 2.03 bits per heavy atom. The van der Waals surface area contributed by atoms with E-state index in [0.717, 1.165) is 11.3 Å². The third kappa shape index (κ3) is 3.47. The Balaban J connectivity index is 1.80. The van der Waals surface area contributed by atoms with E-state index < -0.39 is 17.9 Å². The normalized spacial score (nSPS) is 15.2. The number of hydrogen-bond donors (Lipinski definition) is 0. The molecule has 0 saturated carbocycles. The molecule has 0 bridgehead atoms. The standard InChI is InChI=1S/C23H14BrClN2O5S/c1-10-20(22(30)31-2)33-23(26-10)27-17(11-4-3-5-13(25)8-11)16-18(28)14-9-12(24)6-7-15(14)32-19(16)21(27)29/h3-9,17H,1-2H3. The first kappa shape index (κ1) is 21.8. The smallest absolute Gasteiger partial charge is 0.350 e. The van der Waals surface area contributed by atoms with Crippen molar-refractivity contribution in [3.63, 3.8) is 0 Å². The van der Waals surface area contributed by atoms with Gasteiger partial charge >= 0.3 is 5.97 Å². The van der Waals surface area contributed by atoms with E-state index in [1.54, 1.807) is 49.4 Å². The molecule has 166 valence electrons. The predicted octanol–water partition coefficient (Wildman–Crippen LogP) is 5.51. The number of esters is 1. The van der Waals surface area contributed by atoms with Crippen LogP contribution in [-0.2, 0) is 4.74 Å². The molecule has 1 unspecified atom stereocenters. The van der Waals surface area contributed by atoms with Crippen molar-refractivity contribution in [3.05, 3.63) is 89.6 Å². The van der Waals surface area contributed by atoms with Crippen LogP contribution >= 0.6 is 38.9 Å². The zero-order valence-corrected chi connectivity index (χ0v) is 20.4. The SMILES string of the molecule is COC(=O)c1sc(N2C(=O)c3oc4ccc(Br)cc4c(=O)c3C2c2cccc(Cl)c2)nc1C. The summed E-state index contributed by atoms with van der Waals surface area (Å²) >= 11 is 10.6. The van der Waals surface area contributed by atoms with Gasteiger partial charge in [0.2, 0.25) is 5.76 Å². The molecule has 0 aliphatic carbocycles. The van der Waals surface area contributed by atoms with Gasteiger partial charge in [0.1, 0.15) is 10.5 Å². The molecule has 3 heterocycles. The lowest BCUT2D eigenvalue weighted by molar-refractivity contribution is 0.0605. The van der Waals surface area contributed by atoms with Crippen LogP contribution in [0.5, 0.6) is 0 Å². The molecule has 10 heteroatoms. The van der Waals surface area contributed by atoms with E-state index in [9.17, 15) is 14.4 Å². The minimum absolute atomic E-state index is 0.0627. The Hall–Kier alpha value is -3.01. The molecule has 7 nitrogen and oxygen atoms in total. The predicted molar refractivity (Wildman–Crippen MR) is 128 cm³/mol. The zero-order chi connectivity index (χ0) is 23.4. The molecule has 1 amide bonds. The van der Waals surface area contributed by atoms with Gasteiger partial charge in [0.25, 0.3) is 5.91 Å². The van der Waals surface area contributed by atoms with Gasteiger partial charge in [-0.25, -0.2) is 9.78 Å². The largest absolute Gasteiger partial charge is 0.465 e. The quantitative estimate of drug-likeness (QED) is 0.315. The van der Waals surface area contributed by atoms with Crippen LogP contribution in [0.1, 0.15) is 43.1 Å². The fourth-order valence-electron chi connectivity index (χ4n) is 3.90. The number of carbonyl (C=O) groups is 2.